The van der Waals surface area contributed by atoms with E-state index < -0.39 is 0 Å². The molecule has 3 aromatic rings. The van der Waals surface area contributed by atoms with Crippen LogP contribution in [-0.2, 0) is 0 Å². The minimum Gasteiger partial charge on any atom is -0.321 e. The molecule has 0 radical (unpaired) electrons. The molecule has 1 N–H and O–H groups in total. The summed E-state index contributed by atoms with van der Waals surface area (Å²) in [5, 5.41) is 4.63. The Morgan fingerprint density at radius 3 is 2.09 bits per heavy atom. The minimum absolute atomic E-state index is 0.0112. The molecule has 0 atom stereocenters. The zero-order valence-corrected chi connectivity index (χ0v) is 12.2. The van der Waals surface area contributed by atoms with Crippen LogP contribution in [0.1, 0.15) is 27.6 Å². The van der Waals surface area contributed by atoms with E-state index in [1.165, 1.54) is 0 Å². The molecule has 0 aliphatic rings. The molecule has 0 fully saturated rings. The van der Waals surface area contributed by atoms with Crippen molar-refractivity contribution in [3.63, 3.8) is 0 Å². The molecule has 0 unspecified atom stereocenters. The lowest BCUT2D eigenvalue weighted by Crippen LogP contribution is -2.12. The topological polar surface area (TPSA) is 46.2 Å². The summed E-state index contributed by atoms with van der Waals surface area (Å²) in [6.45, 7) is 1.55. The van der Waals surface area contributed by atoms with Crippen LogP contribution >= 0.6 is 0 Å². The van der Waals surface area contributed by atoms with Crippen molar-refractivity contribution in [2.45, 2.75) is 6.92 Å². The van der Waals surface area contributed by atoms with Gasteiger partial charge in [-0.15, -0.1) is 0 Å². The van der Waals surface area contributed by atoms with Crippen LogP contribution in [-0.4, -0.2) is 11.7 Å². The summed E-state index contributed by atoms with van der Waals surface area (Å²) in [5.41, 5.74) is 1.96. The van der Waals surface area contributed by atoms with Crippen molar-refractivity contribution in [3.05, 3.63) is 77.9 Å². The van der Waals surface area contributed by atoms with Gasteiger partial charge in [0.2, 0.25) is 0 Å². The molecule has 108 valence electrons. The number of Topliss-reactive ketones (excluding diaryl/α,β-unsaturated/α-hetero) is 1. The average molecular weight is 289 g/mol. The van der Waals surface area contributed by atoms with E-state index in [0.29, 0.717) is 16.8 Å². The quantitative estimate of drug-likeness (QED) is 0.731. The molecular formula is C19H15NO2. The largest absolute Gasteiger partial charge is 0.321 e. The van der Waals surface area contributed by atoms with Crippen molar-refractivity contribution in [1.82, 2.24) is 0 Å². The zero-order chi connectivity index (χ0) is 15.5. The third-order valence-corrected chi connectivity index (χ3v) is 3.59. The first kappa shape index (κ1) is 14.0. The fourth-order valence-electron chi connectivity index (χ4n) is 2.50. The van der Waals surface area contributed by atoms with Gasteiger partial charge in [0.05, 0.1) is 0 Å². The number of fused-ring (bicyclic) bond motifs is 1. The first-order valence-corrected chi connectivity index (χ1v) is 7.06. The zero-order valence-electron chi connectivity index (χ0n) is 12.2. The van der Waals surface area contributed by atoms with Gasteiger partial charge in [-0.25, -0.2) is 0 Å². The number of benzene rings is 3. The first-order valence-electron chi connectivity index (χ1n) is 7.06. The maximum Gasteiger partial charge on any atom is 0.255 e. The fourth-order valence-corrected chi connectivity index (χ4v) is 2.50. The number of amides is 1. The van der Waals surface area contributed by atoms with Crippen LogP contribution < -0.4 is 5.32 Å². The number of hydrogen-bond acceptors (Lipinski definition) is 2. The first-order chi connectivity index (χ1) is 10.7. The van der Waals surface area contributed by atoms with Gasteiger partial charge < -0.3 is 5.32 Å². The fraction of sp³-hybridized carbons (Fsp3) is 0.0526. The number of nitrogens with one attached hydrogen (secondary N) is 1. The van der Waals surface area contributed by atoms with Gasteiger partial charge in [-0.05, 0) is 36.6 Å². The summed E-state index contributed by atoms with van der Waals surface area (Å²) in [4.78, 5) is 24.0. The van der Waals surface area contributed by atoms with Crippen molar-refractivity contribution >= 4 is 28.2 Å². The van der Waals surface area contributed by atoms with Crippen LogP contribution in [0.2, 0.25) is 0 Å². The summed E-state index contributed by atoms with van der Waals surface area (Å²) >= 11 is 0. The average Bonchev–Trinajstić information content (AvgIpc) is 2.55. The van der Waals surface area contributed by atoms with Gasteiger partial charge >= 0.3 is 0 Å². The maximum atomic E-state index is 12.3. The molecule has 0 aromatic heterocycles. The van der Waals surface area contributed by atoms with Gasteiger partial charge in [0, 0.05) is 22.2 Å². The van der Waals surface area contributed by atoms with Crippen LogP contribution in [0.3, 0.4) is 0 Å². The molecule has 3 aromatic carbocycles. The van der Waals surface area contributed by atoms with E-state index in [1.807, 2.05) is 42.5 Å². The highest BCUT2D eigenvalue weighted by Crippen LogP contribution is 2.27. The van der Waals surface area contributed by atoms with Crippen LogP contribution in [0.25, 0.3) is 10.8 Å². The maximum absolute atomic E-state index is 12.3. The van der Waals surface area contributed by atoms with Gasteiger partial charge in [0.15, 0.2) is 5.78 Å². The highest BCUT2D eigenvalue weighted by molar-refractivity contribution is 6.14. The summed E-state index contributed by atoms with van der Waals surface area (Å²) in [6.07, 6.45) is 0. The van der Waals surface area contributed by atoms with Crippen molar-refractivity contribution in [2.75, 3.05) is 5.32 Å². The number of hydrogen-bond donors (Lipinski definition) is 1. The second-order valence-electron chi connectivity index (χ2n) is 5.08. The lowest BCUT2D eigenvalue weighted by Gasteiger charge is -2.11. The van der Waals surface area contributed by atoms with Gasteiger partial charge in [-0.3, -0.25) is 9.59 Å². The molecule has 22 heavy (non-hydrogen) atoms. The van der Waals surface area contributed by atoms with Crippen LogP contribution in [0.5, 0.6) is 0 Å². The van der Waals surface area contributed by atoms with Gasteiger partial charge in [-0.1, -0.05) is 42.5 Å². The van der Waals surface area contributed by atoms with Crippen molar-refractivity contribution in [1.29, 1.82) is 0 Å². The second-order valence-corrected chi connectivity index (χ2v) is 5.08. The van der Waals surface area contributed by atoms with Crippen molar-refractivity contribution in [2.24, 2.45) is 0 Å². The Kier molecular flexibility index (Phi) is 3.71. The highest BCUT2D eigenvalue weighted by atomic mass is 16.1. The molecule has 0 spiro atoms. The van der Waals surface area contributed by atoms with Crippen molar-refractivity contribution in [3.8, 4) is 0 Å². The van der Waals surface area contributed by atoms with Crippen molar-refractivity contribution < 1.29 is 9.59 Å². The monoisotopic (exact) mass is 289 g/mol. The predicted molar refractivity (Wildman–Crippen MR) is 88.3 cm³/mol. The van der Waals surface area contributed by atoms with E-state index in [4.69, 9.17) is 0 Å². The molecule has 0 saturated carbocycles. The van der Waals surface area contributed by atoms with E-state index >= 15 is 0 Å². The number of carbonyl (C=O) groups is 2. The molecule has 3 rings (SSSR count). The Morgan fingerprint density at radius 2 is 1.41 bits per heavy atom. The van der Waals surface area contributed by atoms with Crippen LogP contribution in [0.4, 0.5) is 5.69 Å². The summed E-state index contributed by atoms with van der Waals surface area (Å²) in [6, 6.07) is 20.2. The minimum atomic E-state index is -0.165. The number of ketones is 1. The van der Waals surface area contributed by atoms with E-state index in [-0.39, 0.29) is 11.7 Å². The lowest BCUT2D eigenvalue weighted by molar-refractivity contribution is 0.101. The van der Waals surface area contributed by atoms with E-state index in [1.54, 1.807) is 31.2 Å². The highest BCUT2D eigenvalue weighted by Gasteiger charge is 2.11. The Hall–Kier alpha value is -2.94. The smallest absolute Gasteiger partial charge is 0.255 e. The van der Waals surface area contributed by atoms with Gasteiger partial charge in [0.1, 0.15) is 0 Å². The van der Waals surface area contributed by atoms with E-state index in [0.717, 1.165) is 10.8 Å². The molecule has 0 bridgehead atoms. The lowest BCUT2D eigenvalue weighted by atomic mass is 10.0. The summed E-state index contributed by atoms with van der Waals surface area (Å²) in [7, 11) is 0. The van der Waals surface area contributed by atoms with Crippen LogP contribution in [0.15, 0.2) is 66.7 Å². The normalized spacial score (nSPS) is 10.4. The Labute approximate surface area is 128 Å². The molecule has 3 heteroatoms. The molecule has 3 nitrogen and oxygen atoms in total. The SMILES string of the molecule is CC(=O)c1ccc(NC(=O)c2ccccc2)c2ccccc12. The molecule has 1 amide bonds. The Bertz CT molecular complexity index is 854. The number of carbonyl (C=O) groups excluding carboxylic acids is 2. The van der Waals surface area contributed by atoms with E-state index in [2.05, 4.69) is 5.32 Å². The van der Waals surface area contributed by atoms with Gasteiger partial charge in [-0.2, -0.15) is 0 Å². The third kappa shape index (κ3) is 2.61. The number of rotatable bonds is 3. The summed E-state index contributed by atoms with van der Waals surface area (Å²) < 4.78 is 0. The molecule has 0 aliphatic carbocycles. The molecule has 0 aliphatic heterocycles. The molecule has 0 saturated heterocycles. The third-order valence-electron chi connectivity index (χ3n) is 3.59. The molecular weight excluding hydrogens is 274 g/mol. The predicted octanol–water partition coefficient (Wildman–Crippen LogP) is 4.29. The Morgan fingerprint density at radius 1 is 0.773 bits per heavy atom. The molecule has 0 heterocycles. The standard InChI is InChI=1S/C19H15NO2/c1-13(21)15-11-12-18(17-10-6-5-9-16(15)17)20-19(22)14-7-3-2-4-8-14/h2-12H,1H3,(H,20,22). The number of anilines is 1. The summed E-state index contributed by atoms with van der Waals surface area (Å²) in [5.74, 6) is -0.154. The Balaban J connectivity index is 2.04. The van der Waals surface area contributed by atoms with Gasteiger partial charge in [0.25, 0.3) is 5.91 Å². The van der Waals surface area contributed by atoms with E-state index in [9.17, 15) is 9.59 Å². The van der Waals surface area contributed by atoms with Crippen LogP contribution in [0, 0.1) is 0 Å². The second kappa shape index (κ2) is 5.82.